The van der Waals surface area contributed by atoms with Crippen molar-refractivity contribution in [2.45, 2.75) is 0 Å². The van der Waals surface area contributed by atoms with Crippen LogP contribution in [0.4, 0.5) is 5.69 Å². The fourth-order valence-corrected chi connectivity index (χ4v) is 4.56. The molecular weight excluding hydrogens is 493 g/mol. The molecule has 1 aliphatic heterocycles. The number of rotatable bonds is 4. The van der Waals surface area contributed by atoms with Gasteiger partial charge in [0.15, 0.2) is 11.0 Å². The molecule has 0 spiro atoms. The summed E-state index contributed by atoms with van der Waals surface area (Å²) in [4.78, 5) is 31.8. The minimum Gasteiger partial charge on any atom is -0.273 e. The molecule has 2 heterocycles. The average Bonchev–Trinajstić information content (AvgIpc) is 3.21. The second-order valence-electron chi connectivity index (χ2n) is 7.23. The maximum atomic E-state index is 13.3. The van der Waals surface area contributed by atoms with Gasteiger partial charge in [-0.3, -0.25) is 19.1 Å². The number of amides is 1. The van der Waals surface area contributed by atoms with Gasteiger partial charge in [-0.25, -0.2) is 4.98 Å². The molecular formula is C24H15Cl2N5O2S. The van der Waals surface area contributed by atoms with Crippen LogP contribution in [0.5, 0.6) is 0 Å². The lowest BCUT2D eigenvalue weighted by atomic mass is 10.2. The molecule has 1 fully saturated rings. The minimum absolute atomic E-state index is 0.108. The molecule has 0 N–H and O–H groups in total. The highest BCUT2D eigenvalue weighted by Crippen LogP contribution is 2.27. The Morgan fingerprint density at radius 1 is 0.882 bits per heavy atom. The van der Waals surface area contributed by atoms with Crippen molar-refractivity contribution in [1.29, 1.82) is 0 Å². The summed E-state index contributed by atoms with van der Waals surface area (Å²) in [6.45, 7) is 0. The maximum Gasteiger partial charge on any atom is 0.266 e. The average molecular weight is 508 g/mol. The van der Waals surface area contributed by atoms with Gasteiger partial charge in [0, 0.05) is 10.0 Å². The Balaban J connectivity index is 1.57. The molecule has 0 bridgehead atoms. The standard InChI is InChI=1S/C24H15Cl2N5O2S/c25-15-5-9-17(10-6-15)30-21(28-20-4-2-1-3-19(20)23(30)33)13-27-29-24-31(22(32)14-34-24)18-11-7-16(26)8-12-18/h1-13H,14H2/b27-13+,29-24-. The fourth-order valence-electron chi connectivity index (χ4n) is 3.49. The quantitative estimate of drug-likeness (QED) is 0.282. The number of thioether (sulfide) groups is 1. The summed E-state index contributed by atoms with van der Waals surface area (Å²) in [6, 6.07) is 20.9. The van der Waals surface area contributed by atoms with E-state index in [1.54, 1.807) is 66.7 Å². The normalized spacial score (nSPS) is 15.2. The van der Waals surface area contributed by atoms with E-state index in [4.69, 9.17) is 23.2 Å². The van der Waals surface area contributed by atoms with Crippen LogP contribution in [-0.2, 0) is 4.79 Å². The van der Waals surface area contributed by atoms with Crippen molar-refractivity contribution in [3.05, 3.63) is 99.0 Å². The molecule has 7 nitrogen and oxygen atoms in total. The van der Waals surface area contributed by atoms with Gasteiger partial charge in [0.25, 0.3) is 5.56 Å². The predicted octanol–water partition coefficient (Wildman–Crippen LogP) is 5.16. The molecule has 0 aliphatic carbocycles. The molecule has 4 aromatic rings. The van der Waals surface area contributed by atoms with Crippen molar-refractivity contribution in [2.24, 2.45) is 10.2 Å². The zero-order chi connectivity index (χ0) is 23.7. The van der Waals surface area contributed by atoms with Crippen LogP contribution in [0.1, 0.15) is 5.82 Å². The first-order valence-corrected chi connectivity index (χ1v) is 11.9. The van der Waals surface area contributed by atoms with Crippen molar-refractivity contribution in [1.82, 2.24) is 9.55 Å². The van der Waals surface area contributed by atoms with E-state index in [2.05, 4.69) is 15.2 Å². The molecule has 168 valence electrons. The summed E-state index contributed by atoms with van der Waals surface area (Å²) in [7, 11) is 0. The third-order valence-electron chi connectivity index (χ3n) is 5.05. The number of benzene rings is 3. The van der Waals surface area contributed by atoms with E-state index in [0.717, 1.165) is 0 Å². The first-order valence-electron chi connectivity index (χ1n) is 10.1. The van der Waals surface area contributed by atoms with Gasteiger partial charge in [-0.1, -0.05) is 47.1 Å². The highest BCUT2D eigenvalue weighted by Gasteiger charge is 2.29. The second-order valence-corrected chi connectivity index (χ2v) is 9.04. The third kappa shape index (κ3) is 4.35. The monoisotopic (exact) mass is 507 g/mol. The lowest BCUT2D eigenvalue weighted by molar-refractivity contribution is -0.115. The SMILES string of the molecule is O=C1CS/C(=N\N=C\c2nc3ccccc3c(=O)n2-c2ccc(Cl)cc2)N1c1ccc(Cl)cc1. The van der Waals surface area contributed by atoms with Gasteiger partial charge in [0.1, 0.15) is 0 Å². The van der Waals surface area contributed by atoms with Crippen LogP contribution in [0.2, 0.25) is 10.0 Å². The van der Waals surface area contributed by atoms with Gasteiger partial charge in [-0.15, -0.1) is 5.10 Å². The lowest BCUT2D eigenvalue weighted by Crippen LogP contribution is -2.29. The van der Waals surface area contributed by atoms with Crippen molar-refractivity contribution in [2.75, 3.05) is 10.7 Å². The number of aromatic nitrogens is 2. The smallest absolute Gasteiger partial charge is 0.266 e. The first kappa shape index (κ1) is 22.3. The van der Waals surface area contributed by atoms with Gasteiger partial charge < -0.3 is 0 Å². The number of carbonyl (C=O) groups is 1. The molecule has 0 atom stereocenters. The Bertz CT molecular complexity index is 1520. The van der Waals surface area contributed by atoms with Crippen molar-refractivity contribution < 1.29 is 4.79 Å². The van der Waals surface area contributed by atoms with Gasteiger partial charge in [-0.05, 0) is 60.7 Å². The molecule has 34 heavy (non-hydrogen) atoms. The Kier molecular flexibility index (Phi) is 6.19. The van der Waals surface area contributed by atoms with Crippen LogP contribution in [0.15, 0.2) is 87.8 Å². The molecule has 3 aromatic carbocycles. The second kappa shape index (κ2) is 9.42. The number of carbonyl (C=O) groups excluding carboxylic acids is 1. The van der Waals surface area contributed by atoms with Crippen molar-refractivity contribution in [3.8, 4) is 5.69 Å². The Hall–Kier alpha value is -3.46. The van der Waals surface area contributed by atoms with Gasteiger partial charge in [0.2, 0.25) is 5.91 Å². The number of fused-ring (bicyclic) bond motifs is 1. The number of amidine groups is 1. The van der Waals surface area contributed by atoms with Crippen LogP contribution < -0.4 is 10.5 Å². The van der Waals surface area contributed by atoms with Gasteiger partial charge >= 0.3 is 0 Å². The lowest BCUT2D eigenvalue weighted by Gasteiger charge is -2.15. The van der Waals surface area contributed by atoms with Crippen LogP contribution in [-0.4, -0.2) is 32.6 Å². The van der Waals surface area contributed by atoms with Gasteiger partial charge in [-0.2, -0.15) is 5.10 Å². The fraction of sp³-hybridized carbons (Fsp3) is 0.0417. The topological polar surface area (TPSA) is 79.9 Å². The number of anilines is 1. The third-order valence-corrected chi connectivity index (χ3v) is 6.47. The summed E-state index contributed by atoms with van der Waals surface area (Å²) >= 11 is 13.3. The van der Waals surface area contributed by atoms with Crippen LogP contribution >= 0.6 is 35.0 Å². The Morgan fingerprint density at radius 3 is 2.24 bits per heavy atom. The van der Waals surface area contributed by atoms with Gasteiger partial charge in [0.05, 0.1) is 34.2 Å². The predicted molar refractivity (Wildman–Crippen MR) is 139 cm³/mol. The van der Waals surface area contributed by atoms with E-state index < -0.39 is 0 Å². The molecule has 0 saturated carbocycles. The molecule has 1 aromatic heterocycles. The summed E-state index contributed by atoms with van der Waals surface area (Å²) < 4.78 is 1.45. The molecule has 0 unspecified atom stereocenters. The number of nitrogens with zero attached hydrogens (tertiary/aromatic N) is 5. The Morgan fingerprint density at radius 2 is 1.53 bits per heavy atom. The molecule has 10 heteroatoms. The van der Waals surface area contributed by atoms with Crippen LogP contribution in [0, 0.1) is 0 Å². The largest absolute Gasteiger partial charge is 0.273 e. The number of halogens is 2. The molecule has 1 aliphatic rings. The van der Waals surface area contributed by atoms with Crippen LogP contribution in [0.25, 0.3) is 16.6 Å². The zero-order valence-electron chi connectivity index (χ0n) is 17.4. The summed E-state index contributed by atoms with van der Waals surface area (Å²) in [5.41, 5.74) is 1.54. The van der Waals surface area contributed by atoms with E-state index in [0.29, 0.717) is 43.3 Å². The summed E-state index contributed by atoms with van der Waals surface area (Å²) in [5, 5.41) is 10.5. The summed E-state index contributed by atoms with van der Waals surface area (Å²) in [6.07, 6.45) is 1.40. The molecule has 5 rings (SSSR count). The van der Waals surface area contributed by atoms with Crippen LogP contribution in [0.3, 0.4) is 0 Å². The molecule has 0 radical (unpaired) electrons. The van der Waals surface area contributed by atoms with Crippen molar-refractivity contribution >= 4 is 68.8 Å². The van der Waals surface area contributed by atoms with E-state index in [9.17, 15) is 9.59 Å². The Labute approximate surface area is 208 Å². The van der Waals surface area contributed by atoms with E-state index in [1.807, 2.05) is 6.07 Å². The van der Waals surface area contributed by atoms with E-state index in [1.165, 1.54) is 27.4 Å². The molecule has 1 saturated heterocycles. The minimum atomic E-state index is -0.241. The first-order chi connectivity index (χ1) is 16.5. The number of para-hydroxylation sites is 1. The number of hydrogen-bond donors (Lipinski definition) is 0. The maximum absolute atomic E-state index is 13.3. The van der Waals surface area contributed by atoms with Crippen molar-refractivity contribution in [3.63, 3.8) is 0 Å². The zero-order valence-corrected chi connectivity index (χ0v) is 19.8. The highest BCUT2D eigenvalue weighted by atomic mass is 35.5. The number of hydrogen-bond acceptors (Lipinski definition) is 6. The van der Waals surface area contributed by atoms with E-state index in [-0.39, 0.29) is 17.2 Å². The molecule has 1 amide bonds. The summed E-state index contributed by atoms with van der Waals surface area (Å²) in [5.74, 6) is 0.437. The highest BCUT2D eigenvalue weighted by molar-refractivity contribution is 8.15. The van der Waals surface area contributed by atoms with E-state index >= 15 is 0 Å².